The van der Waals surface area contributed by atoms with Gasteiger partial charge in [-0.05, 0) is 13.0 Å². The standard InChI is InChI=1S/C18H20N2O3S/c1-13-11-15(17(22)14-5-3-2-4-6-14)18(24-13)19-16(21)12-20-7-9-23-10-8-20/h2-6,11H,7-10,12H2,1H3,(H,19,21). The van der Waals surface area contributed by atoms with E-state index in [4.69, 9.17) is 4.74 Å². The van der Waals surface area contributed by atoms with Crippen LogP contribution in [0, 0.1) is 6.92 Å². The Balaban J connectivity index is 1.72. The molecule has 1 aliphatic heterocycles. The highest BCUT2D eigenvalue weighted by Crippen LogP contribution is 2.29. The number of ether oxygens (including phenoxy) is 1. The normalized spacial score (nSPS) is 15.2. The molecule has 0 saturated carbocycles. The molecule has 1 fully saturated rings. The van der Waals surface area contributed by atoms with Crippen molar-refractivity contribution >= 4 is 28.0 Å². The Morgan fingerprint density at radius 1 is 1.21 bits per heavy atom. The monoisotopic (exact) mass is 344 g/mol. The lowest BCUT2D eigenvalue weighted by Gasteiger charge is -2.25. The summed E-state index contributed by atoms with van der Waals surface area (Å²) in [6.07, 6.45) is 0. The summed E-state index contributed by atoms with van der Waals surface area (Å²) in [4.78, 5) is 28.0. The summed E-state index contributed by atoms with van der Waals surface area (Å²) >= 11 is 1.43. The largest absolute Gasteiger partial charge is 0.379 e. The number of anilines is 1. The topological polar surface area (TPSA) is 58.6 Å². The number of hydrogen-bond donors (Lipinski definition) is 1. The SMILES string of the molecule is Cc1cc(C(=O)c2ccccc2)c(NC(=O)CN2CCOCC2)s1. The smallest absolute Gasteiger partial charge is 0.239 e. The van der Waals surface area contributed by atoms with Gasteiger partial charge in [0.2, 0.25) is 5.91 Å². The number of carbonyl (C=O) groups is 2. The van der Waals surface area contributed by atoms with Gasteiger partial charge in [0.15, 0.2) is 5.78 Å². The van der Waals surface area contributed by atoms with Crippen molar-refractivity contribution in [3.05, 3.63) is 52.4 Å². The average molecular weight is 344 g/mol. The predicted molar refractivity (Wildman–Crippen MR) is 94.8 cm³/mol. The molecule has 0 spiro atoms. The van der Waals surface area contributed by atoms with Crippen LogP contribution < -0.4 is 5.32 Å². The highest BCUT2D eigenvalue weighted by atomic mass is 32.1. The second-order valence-corrected chi connectivity index (χ2v) is 6.99. The van der Waals surface area contributed by atoms with Gasteiger partial charge in [-0.3, -0.25) is 14.5 Å². The van der Waals surface area contributed by atoms with Gasteiger partial charge in [-0.2, -0.15) is 0 Å². The predicted octanol–water partition coefficient (Wildman–Crippen LogP) is 2.56. The van der Waals surface area contributed by atoms with Gasteiger partial charge in [0, 0.05) is 23.5 Å². The molecule has 1 amide bonds. The molecule has 1 N–H and O–H groups in total. The molecule has 24 heavy (non-hydrogen) atoms. The first-order valence-corrected chi connectivity index (χ1v) is 8.75. The van der Waals surface area contributed by atoms with E-state index in [2.05, 4.69) is 10.2 Å². The third-order valence-corrected chi connectivity index (χ3v) is 4.83. The number of rotatable bonds is 5. The molecule has 0 aliphatic carbocycles. The zero-order valence-electron chi connectivity index (χ0n) is 13.6. The van der Waals surface area contributed by atoms with Crippen LogP contribution in [0.5, 0.6) is 0 Å². The van der Waals surface area contributed by atoms with Gasteiger partial charge in [-0.1, -0.05) is 30.3 Å². The van der Waals surface area contributed by atoms with E-state index in [1.807, 2.05) is 31.2 Å². The fraction of sp³-hybridized carbons (Fsp3) is 0.333. The van der Waals surface area contributed by atoms with Gasteiger partial charge in [0.05, 0.1) is 25.3 Å². The Kier molecular flexibility index (Phi) is 5.40. The number of thiophene rings is 1. The Labute approximate surface area is 145 Å². The van der Waals surface area contributed by atoms with Crippen molar-refractivity contribution in [2.45, 2.75) is 6.92 Å². The van der Waals surface area contributed by atoms with Gasteiger partial charge in [-0.15, -0.1) is 11.3 Å². The maximum atomic E-state index is 12.7. The van der Waals surface area contributed by atoms with E-state index in [9.17, 15) is 9.59 Å². The summed E-state index contributed by atoms with van der Waals surface area (Å²) in [5.74, 6) is -0.164. The van der Waals surface area contributed by atoms with Crippen molar-refractivity contribution < 1.29 is 14.3 Å². The minimum absolute atomic E-state index is 0.0679. The Bertz CT molecular complexity index is 721. The van der Waals surface area contributed by atoms with Crippen molar-refractivity contribution in [2.24, 2.45) is 0 Å². The first kappa shape index (κ1) is 16.8. The van der Waals surface area contributed by atoms with Crippen LogP contribution in [-0.2, 0) is 9.53 Å². The van der Waals surface area contributed by atoms with E-state index in [-0.39, 0.29) is 11.7 Å². The molecule has 1 aromatic heterocycles. The van der Waals surface area contributed by atoms with E-state index in [1.54, 1.807) is 12.1 Å². The summed E-state index contributed by atoms with van der Waals surface area (Å²) in [6.45, 7) is 5.08. The molecule has 1 aliphatic rings. The van der Waals surface area contributed by atoms with Gasteiger partial charge < -0.3 is 10.1 Å². The number of carbonyl (C=O) groups excluding carboxylic acids is 2. The summed E-state index contributed by atoms with van der Waals surface area (Å²) in [5, 5.41) is 3.53. The minimum Gasteiger partial charge on any atom is -0.379 e. The number of nitrogens with one attached hydrogen (secondary N) is 1. The lowest BCUT2D eigenvalue weighted by atomic mass is 10.1. The average Bonchev–Trinajstić information content (AvgIpc) is 2.96. The number of aryl methyl sites for hydroxylation is 1. The highest BCUT2D eigenvalue weighted by molar-refractivity contribution is 7.16. The highest BCUT2D eigenvalue weighted by Gasteiger charge is 2.20. The number of benzene rings is 1. The van der Waals surface area contributed by atoms with Gasteiger partial charge in [0.1, 0.15) is 5.00 Å². The van der Waals surface area contributed by atoms with Crippen molar-refractivity contribution in [3.8, 4) is 0 Å². The molecule has 5 nitrogen and oxygen atoms in total. The summed E-state index contributed by atoms with van der Waals surface area (Å²) in [6, 6.07) is 11.0. The second-order valence-electron chi connectivity index (χ2n) is 5.73. The maximum Gasteiger partial charge on any atom is 0.239 e. The first-order chi connectivity index (χ1) is 11.6. The minimum atomic E-state index is -0.0964. The van der Waals surface area contributed by atoms with Crippen LogP contribution in [0.25, 0.3) is 0 Å². The van der Waals surface area contributed by atoms with Gasteiger partial charge in [0.25, 0.3) is 0 Å². The molecular formula is C18H20N2O3S. The number of nitrogens with zero attached hydrogens (tertiary/aromatic N) is 1. The molecule has 0 radical (unpaired) electrons. The maximum absolute atomic E-state index is 12.7. The molecule has 0 atom stereocenters. The quantitative estimate of drug-likeness (QED) is 0.847. The Hall–Kier alpha value is -2.02. The van der Waals surface area contributed by atoms with Crippen LogP contribution in [0.4, 0.5) is 5.00 Å². The summed E-state index contributed by atoms with van der Waals surface area (Å²) < 4.78 is 5.29. The van der Waals surface area contributed by atoms with Crippen molar-refractivity contribution in [2.75, 3.05) is 38.2 Å². The molecule has 2 aromatic rings. The molecule has 1 saturated heterocycles. The van der Waals surface area contributed by atoms with Crippen LogP contribution in [0.2, 0.25) is 0 Å². The fourth-order valence-electron chi connectivity index (χ4n) is 2.65. The number of morpholine rings is 1. The Morgan fingerprint density at radius 3 is 2.62 bits per heavy atom. The summed E-state index contributed by atoms with van der Waals surface area (Å²) in [5.41, 5.74) is 1.18. The zero-order valence-corrected chi connectivity index (χ0v) is 14.4. The first-order valence-electron chi connectivity index (χ1n) is 7.93. The van der Waals surface area contributed by atoms with Crippen LogP contribution in [0.1, 0.15) is 20.8 Å². The van der Waals surface area contributed by atoms with E-state index in [1.165, 1.54) is 11.3 Å². The van der Waals surface area contributed by atoms with E-state index < -0.39 is 0 Å². The van der Waals surface area contributed by atoms with Gasteiger partial charge >= 0.3 is 0 Å². The Morgan fingerprint density at radius 2 is 1.92 bits per heavy atom. The molecule has 3 rings (SSSR count). The third-order valence-electron chi connectivity index (χ3n) is 3.86. The van der Waals surface area contributed by atoms with Crippen molar-refractivity contribution in [1.82, 2.24) is 4.90 Å². The zero-order chi connectivity index (χ0) is 16.9. The fourth-order valence-corrected chi connectivity index (χ4v) is 3.57. The van der Waals surface area contributed by atoms with Crippen LogP contribution in [-0.4, -0.2) is 49.4 Å². The lowest BCUT2D eigenvalue weighted by Crippen LogP contribution is -2.41. The molecule has 126 valence electrons. The lowest BCUT2D eigenvalue weighted by molar-refractivity contribution is -0.118. The van der Waals surface area contributed by atoms with Crippen molar-refractivity contribution in [1.29, 1.82) is 0 Å². The van der Waals surface area contributed by atoms with Crippen LogP contribution >= 0.6 is 11.3 Å². The molecule has 6 heteroatoms. The number of amides is 1. The molecular weight excluding hydrogens is 324 g/mol. The second kappa shape index (κ2) is 7.70. The number of hydrogen-bond acceptors (Lipinski definition) is 5. The van der Waals surface area contributed by atoms with Crippen LogP contribution in [0.15, 0.2) is 36.4 Å². The van der Waals surface area contributed by atoms with Crippen molar-refractivity contribution in [3.63, 3.8) is 0 Å². The van der Waals surface area contributed by atoms with E-state index >= 15 is 0 Å². The van der Waals surface area contributed by atoms with Crippen LogP contribution in [0.3, 0.4) is 0 Å². The van der Waals surface area contributed by atoms with E-state index in [0.29, 0.717) is 35.9 Å². The third kappa shape index (κ3) is 4.08. The molecule has 2 heterocycles. The molecule has 0 unspecified atom stereocenters. The molecule has 1 aromatic carbocycles. The number of ketones is 1. The molecule has 0 bridgehead atoms. The van der Waals surface area contributed by atoms with E-state index in [0.717, 1.165) is 18.0 Å². The van der Waals surface area contributed by atoms with Gasteiger partial charge in [-0.25, -0.2) is 0 Å². The summed E-state index contributed by atoms with van der Waals surface area (Å²) in [7, 11) is 0.